The zero-order valence-electron chi connectivity index (χ0n) is 27.8. The second-order valence-electron chi connectivity index (χ2n) is 11.5. The van der Waals surface area contributed by atoms with Gasteiger partial charge < -0.3 is 40.2 Å². The first-order valence-electron chi connectivity index (χ1n) is 16.1. The van der Waals surface area contributed by atoms with Crippen LogP contribution in [-0.2, 0) is 14.9 Å². The summed E-state index contributed by atoms with van der Waals surface area (Å²) in [5, 5.41) is 11.8. The van der Waals surface area contributed by atoms with Crippen LogP contribution >= 0.6 is 25.3 Å². The van der Waals surface area contributed by atoms with Crippen LogP contribution in [0.2, 0.25) is 0 Å². The van der Waals surface area contributed by atoms with E-state index in [1.807, 2.05) is 62.6 Å². The monoisotopic (exact) mass is 678 g/mol. The van der Waals surface area contributed by atoms with Gasteiger partial charge in [-0.25, -0.2) is 9.59 Å². The molecule has 258 valence electrons. The van der Waals surface area contributed by atoms with Crippen LogP contribution in [0.5, 0.6) is 11.5 Å². The number of nitrogens with one attached hydrogen (secondary N) is 4. The molecule has 0 radical (unpaired) electrons. The van der Waals surface area contributed by atoms with Gasteiger partial charge in [0.2, 0.25) is 0 Å². The Kier molecular flexibility index (Phi) is 19.4. The highest BCUT2D eigenvalue weighted by Crippen LogP contribution is 2.33. The van der Waals surface area contributed by atoms with Gasteiger partial charge in [0.1, 0.15) is 36.9 Å². The number of carbonyl (C=O) groups excluding carboxylic acids is 2. The third-order valence-electron chi connectivity index (χ3n) is 7.47. The van der Waals surface area contributed by atoms with E-state index in [0.29, 0.717) is 36.1 Å². The lowest BCUT2D eigenvalue weighted by atomic mass is 9.78. The molecule has 0 bridgehead atoms. The first-order valence-corrected chi connectivity index (χ1v) is 17.4. The van der Waals surface area contributed by atoms with Gasteiger partial charge in [-0.15, -0.1) is 0 Å². The van der Waals surface area contributed by atoms with E-state index in [0.717, 1.165) is 56.3 Å². The quantitative estimate of drug-likeness (QED) is 0.0701. The topological polar surface area (TPSA) is 119 Å². The van der Waals surface area contributed by atoms with Gasteiger partial charge in [0, 0.05) is 30.0 Å². The molecule has 2 amide bonds. The summed E-state index contributed by atoms with van der Waals surface area (Å²) >= 11 is 8.63. The molecule has 2 aromatic carbocycles. The highest BCUT2D eigenvalue weighted by atomic mass is 32.1. The normalized spacial score (nSPS) is 12.6. The maximum absolute atomic E-state index is 12.1. The number of rotatable bonds is 23. The predicted molar refractivity (Wildman–Crippen MR) is 191 cm³/mol. The number of hydrogen-bond donors (Lipinski definition) is 6. The second kappa shape index (κ2) is 22.7. The molecular weight excluding hydrogens is 625 g/mol. The Labute approximate surface area is 286 Å². The van der Waals surface area contributed by atoms with Gasteiger partial charge in [-0.1, -0.05) is 44.5 Å². The molecule has 0 saturated carbocycles. The maximum atomic E-state index is 12.1. The summed E-state index contributed by atoms with van der Waals surface area (Å²) in [6.45, 7) is 7.77. The third-order valence-corrected chi connectivity index (χ3v) is 8.29. The average Bonchev–Trinajstić information content (AvgIpc) is 3.06. The van der Waals surface area contributed by atoms with Gasteiger partial charge in [0.15, 0.2) is 0 Å². The fourth-order valence-corrected chi connectivity index (χ4v) is 4.89. The Morgan fingerprint density at radius 1 is 0.630 bits per heavy atom. The maximum Gasteiger partial charge on any atom is 0.407 e. The predicted octanol–water partition coefficient (Wildman–Crippen LogP) is 5.21. The molecule has 2 unspecified atom stereocenters. The van der Waals surface area contributed by atoms with Crippen LogP contribution in [-0.4, -0.2) is 89.4 Å². The molecular formula is C34H54N4O6S2. The van der Waals surface area contributed by atoms with E-state index in [1.165, 1.54) is 0 Å². The number of benzene rings is 2. The lowest BCUT2D eigenvalue weighted by molar-refractivity contribution is 0.0776. The van der Waals surface area contributed by atoms with Crippen LogP contribution in [0.15, 0.2) is 48.5 Å². The molecule has 2 aromatic rings. The van der Waals surface area contributed by atoms with Crippen molar-refractivity contribution in [3.05, 3.63) is 59.7 Å². The summed E-state index contributed by atoms with van der Waals surface area (Å²) in [5.74, 6) is 2.08. The Morgan fingerprint density at radius 3 is 1.39 bits per heavy atom. The van der Waals surface area contributed by atoms with Crippen molar-refractivity contribution in [3.63, 3.8) is 0 Å². The molecule has 0 saturated heterocycles. The summed E-state index contributed by atoms with van der Waals surface area (Å²) in [7, 11) is 3.84. The summed E-state index contributed by atoms with van der Waals surface area (Å²) in [4.78, 5) is 24.2. The summed E-state index contributed by atoms with van der Waals surface area (Å²) in [5.41, 5.74) is 1.95. The Bertz CT molecular complexity index is 1120. The summed E-state index contributed by atoms with van der Waals surface area (Å²) in [6, 6.07) is 15.8. The van der Waals surface area contributed by atoms with E-state index in [-0.39, 0.29) is 18.6 Å². The molecule has 2 rings (SSSR count). The van der Waals surface area contributed by atoms with E-state index < -0.39 is 24.4 Å². The minimum atomic E-state index is -0.465. The van der Waals surface area contributed by atoms with E-state index in [4.69, 9.17) is 18.9 Å². The molecule has 46 heavy (non-hydrogen) atoms. The van der Waals surface area contributed by atoms with Crippen molar-refractivity contribution in [2.24, 2.45) is 0 Å². The van der Waals surface area contributed by atoms with Crippen LogP contribution in [0.25, 0.3) is 0 Å². The number of thiol groups is 2. The van der Waals surface area contributed by atoms with Crippen molar-refractivity contribution in [1.82, 2.24) is 21.3 Å². The van der Waals surface area contributed by atoms with Crippen molar-refractivity contribution >= 4 is 37.4 Å². The van der Waals surface area contributed by atoms with E-state index in [1.54, 1.807) is 0 Å². The van der Waals surface area contributed by atoms with Gasteiger partial charge in [0.25, 0.3) is 0 Å². The molecule has 0 aliphatic carbocycles. The molecule has 0 aromatic heterocycles. The zero-order chi connectivity index (χ0) is 33.6. The van der Waals surface area contributed by atoms with Crippen LogP contribution in [0, 0.1) is 0 Å². The number of ether oxygens (including phenoxy) is 4. The van der Waals surface area contributed by atoms with E-state index in [9.17, 15) is 9.59 Å². The van der Waals surface area contributed by atoms with Crippen molar-refractivity contribution in [3.8, 4) is 11.5 Å². The minimum absolute atomic E-state index is 0.210. The standard InChI is InChI=1S/C34H54N4O6S2/c1-34(2,27-12-16-29(17-13-27)42-23-31(25-46)44-33(40)38-21-9-8-19-36-4)26-10-14-28(15-11-26)41-22-30(24-45)43-32(39)37-20-7-5-6-18-35-3/h10-17,30-31,35-36,45-46H,5-9,18-25H2,1-4H3,(H,37,39)(H,38,40). The molecule has 4 N–H and O–H groups in total. The third kappa shape index (κ3) is 15.2. The fourth-order valence-electron chi connectivity index (χ4n) is 4.53. The highest BCUT2D eigenvalue weighted by Gasteiger charge is 2.23. The molecule has 0 heterocycles. The van der Waals surface area contributed by atoms with Crippen LogP contribution in [0.1, 0.15) is 57.1 Å². The summed E-state index contributed by atoms with van der Waals surface area (Å²) < 4.78 is 22.7. The van der Waals surface area contributed by atoms with E-state index >= 15 is 0 Å². The van der Waals surface area contributed by atoms with Gasteiger partial charge in [-0.3, -0.25) is 0 Å². The van der Waals surface area contributed by atoms with Crippen LogP contribution < -0.4 is 30.7 Å². The molecule has 0 fully saturated rings. The molecule has 12 heteroatoms. The molecule has 0 aliphatic rings. The van der Waals surface area contributed by atoms with Gasteiger partial charge in [-0.2, -0.15) is 25.3 Å². The molecule has 10 nitrogen and oxygen atoms in total. The average molecular weight is 679 g/mol. The van der Waals surface area contributed by atoms with E-state index in [2.05, 4.69) is 60.4 Å². The fraction of sp³-hybridized carbons (Fsp3) is 0.588. The molecule has 2 atom stereocenters. The first-order chi connectivity index (χ1) is 22.2. The molecule has 0 aliphatic heterocycles. The van der Waals surface area contributed by atoms with Crippen molar-refractivity contribution < 1.29 is 28.5 Å². The molecule has 0 spiro atoms. The van der Waals surface area contributed by atoms with Crippen LogP contribution in [0.3, 0.4) is 0 Å². The number of alkyl carbamates (subject to hydrolysis) is 2. The Balaban J connectivity index is 1.81. The number of amides is 2. The van der Waals surface area contributed by atoms with Gasteiger partial charge >= 0.3 is 12.2 Å². The highest BCUT2D eigenvalue weighted by molar-refractivity contribution is 7.80. The van der Waals surface area contributed by atoms with Gasteiger partial charge in [-0.05, 0) is 88.3 Å². The smallest absolute Gasteiger partial charge is 0.407 e. The summed E-state index contributed by atoms with van der Waals surface area (Å²) in [6.07, 6.45) is 3.05. The largest absolute Gasteiger partial charge is 0.490 e. The van der Waals surface area contributed by atoms with Crippen molar-refractivity contribution in [2.75, 3.05) is 65.0 Å². The zero-order valence-corrected chi connectivity index (χ0v) is 29.6. The SMILES string of the molecule is CNCCCCCNC(=O)OC(CS)COc1ccc(C(C)(C)c2ccc(OCC(CS)OC(=O)NCCCCNC)cc2)cc1. The van der Waals surface area contributed by atoms with Crippen molar-refractivity contribution in [2.45, 2.75) is 63.6 Å². The number of carbonyl (C=O) groups is 2. The van der Waals surface area contributed by atoms with Crippen LogP contribution in [0.4, 0.5) is 9.59 Å². The lowest BCUT2D eigenvalue weighted by Gasteiger charge is -2.27. The Morgan fingerprint density at radius 2 is 1.00 bits per heavy atom. The second-order valence-corrected chi connectivity index (χ2v) is 12.3. The lowest BCUT2D eigenvalue weighted by Crippen LogP contribution is -2.33. The van der Waals surface area contributed by atoms with Gasteiger partial charge in [0.05, 0.1) is 0 Å². The Hall–Kier alpha value is -2.80. The first kappa shape index (κ1) is 39.4. The number of hydrogen-bond acceptors (Lipinski definition) is 10. The number of unbranched alkanes of at least 4 members (excludes halogenated alkanes) is 3. The minimum Gasteiger partial charge on any atom is -0.490 e. The van der Waals surface area contributed by atoms with Crippen molar-refractivity contribution in [1.29, 1.82) is 0 Å².